The second-order valence-corrected chi connectivity index (χ2v) is 8.07. The van der Waals surface area contributed by atoms with Crippen LogP contribution in [0, 0.1) is 11.8 Å². The largest absolute Gasteiger partial charge is 0.303 e. The lowest BCUT2D eigenvalue weighted by molar-refractivity contribution is 0.140. The molecule has 2 heterocycles. The summed E-state index contributed by atoms with van der Waals surface area (Å²) in [6.45, 7) is 8.24. The van der Waals surface area contributed by atoms with E-state index in [1.54, 1.807) is 7.05 Å². The molecule has 0 aromatic carbocycles. The van der Waals surface area contributed by atoms with Crippen molar-refractivity contribution in [1.29, 1.82) is 0 Å². The first-order chi connectivity index (χ1) is 9.87. The molecule has 2 unspecified atom stereocenters. The highest BCUT2D eigenvalue weighted by Crippen LogP contribution is 2.20. The second-order valence-electron chi connectivity index (χ2n) is 6.31. The summed E-state index contributed by atoms with van der Waals surface area (Å²) < 4.78 is 28.2. The van der Waals surface area contributed by atoms with E-state index in [-0.39, 0.29) is 4.90 Å². The number of piperidine rings is 1. The van der Waals surface area contributed by atoms with Gasteiger partial charge in [-0.3, -0.25) is 4.68 Å². The standard InChI is InChI=1S/C14H26N4O2S/c1-12-7-13(2)10-18(9-12)6-4-5-16-21(19,20)14-8-15-17(3)11-14/h8,11-13,16H,4-7,9-10H2,1-3H3. The first kappa shape index (κ1) is 16.5. The Morgan fingerprint density at radius 1 is 1.33 bits per heavy atom. The van der Waals surface area contributed by atoms with Crippen LogP contribution in [0.4, 0.5) is 0 Å². The van der Waals surface area contributed by atoms with Crippen molar-refractivity contribution in [3.05, 3.63) is 12.4 Å². The highest BCUT2D eigenvalue weighted by Gasteiger charge is 2.21. The Balaban J connectivity index is 1.74. The van der Waals surface area contributed by atoms with Gasteiger partial charge in [0, 0.05) is 32.9 Å². The molecule has 0 spiro atoms. The molecule has 1 aromatic rings. The van der Waals surface area contributed by atoms with Crippen LogP contribution in [0.1, 0.15) is 26.7 Å². The third-order valence-electron chi connectivity index (χ3n) is 3.88. The molecule has 0 aliphatic carbocycles. The Kier molecular flexibility index (Phi) is 5.40. The zero-order valence-corrected chi connectivity index (χ0v) is 13.9. The van der Waals surface area contributed by atoms with Crippen molar-refractivity contribution in [3.8, 4) is 0 Å². The molecule has 2 atom stereocenters. The van der Waals surface area contributed by atoms with Gasteiger partial charge in [0.25, 0.3) is 0 Å². The molecule has 0 bridgehead atoms. The van der Waals surface area contributed by atoms with E-state index < -0.39 is 10.0 Å². The number of hydrogen-bond acceptors (Lipinski definition) is 4. The van der Waals surface area contributed by atoms with Gasteiger partial charge in [-0.1, -0.05) is 13.8 Å². The summed E-state index contributed by atoms with van der Waals surface area (Å²) in [5, 5.41) is 3.89. The third-order valence-corrected chi connectivity index (χ3v) is 5.29. The fraction of sp³-hybridized carbons (Fsp3) is 0.786. The molecule has 1 fully saturated rings. The van der Waals surface area contributed by atoms with Gasteiger partial charge in [0.1, 0.15) is 4.90 Å². The molecule has 6 nitrogen and oxygen atoms in total. The summed E-state index contributed by atoms with van der Waals surface area (Å²) in [5.74, 6) is 1.47. The van der Waals surface area contributed by atoms with Gasteiger partial charge in [0.05, 0.1) is 6.20 Å². The van der Waals surface area contributed by atoms with E-state index in [0.717, 1.165) is 37.9 Å². The zero-order valence-electron chi connectivity index (χ0n) is 13.1. The number of aromatic nitrogens is 2. The summed E-state index contributed by atoms with van der Waals surface area (Å²) in [4.78, 5) is 2.67. The van der Waals surface area contributed by atoms with Gasteiger partial charge in [0.15, 0.2) is 0 Å². The summed E-state index contributed by atoms with van der Waals surface area (Å²) in [5.41, 5.74) is 0. The molecule has 2 rings (SSSR count). The number of sulfonamides is 1. The number of hydrogen-bond donors (Lipinski definition) is 1. The molecule has 0 radical (unpaired) electrons. The number of nitrogens with one attached hydrogen (secondary N) is 1. The van der Waals surface area contributed by atoms with E-state index >= 15 is 0 Å². The fourth-order valence-corrected chi connectivity index (χ4v) is 4.16. The van der Waals surface area contributed by atoms with E-state index in [1.807, 2.05) is 0 Å². The van der Waals surface area contributed by atoms with Gasteiger partial charge in [-0.25, -0.2) is 13.1 Å². The van der Waals surface area contributed by atoms with Crippen LogP contribution in [0.25, 0.3) is 0 Å². The van der Waals surface area contributed by atoms with E-state index in [2.05, 4.69) is 28.6 Å². The Morgan fingerprint density at radius 3 is 2.57 bits per heavy atom. The van der Waals surface area contributed by atoms with Crippen LogP contribution in [0.5, 0.6) is 0 Å². The van der Waals surface area contributed by atoms with Crippen molar-refractivity contribution in [1.82, 2.24) is 19.4 Å². The van der Waals surface area contributed by atoms with Crippen LogP contribution in [0.2, 0.25) is 0 Å². The molecule has 0 saturated carbocycles. The van der Waals surface area contributed by atoms with E-state index in [9.17, 15) is 8.42 Å². The molecule has 1 aromatic heterocycles. The molecule has 1 N–H and O–H groups in total. The van der Waals surface area contributed by atoms with Crippen molar-refractivity contribution in [2.24, 2.45) is 18.9 Å². The van der Waals surface area contributed by atoms with Crippen molar-refractivity contribution in [2.75, 3.05) is 26.2 Å². The lowest BCUT2D eigenvalue weighted by Crippen LogP contribution is -2.40. The minimum atomic E-state index is -3.42. The highest BCUT2D eigenvalue weighted by molar-refractivity contribution is 7.89. The molecular formula is C14H26N4O2S. The first-order valence-electron chi connectivity index (χ1n) is 7.57. The van der Waals surface area contributed by atoms with Gasteiger partial charge >= 0.3 is 0 Å². The SMILES string of the molecule is CC1CC(C)CN(CCCNS(=O)(=O)c2cnn(C)c2)C1. The van der Waals surface area contributed by atoms with Crippen LogP contribution in [0.3, 0.4) is 0 Å². The summed E-state index contributed by atoms with van der Waals surface area (Å²) in [7, 11) is -1.71. The van der Waals surface area contributed by atoms with Gasteiger partial charge in [0.2, 0.25) is 10.0 Å². The smallest absolute Gasteiger partial charge is 0.243 e. The average molecular weight is 314 g/mol. The average Bonchev–Trinajstić information content (AvgIpc) is 2.81. The Bertz CT molecular complexity index is 545. The minimum absolute atomic E-state index is 0.227. The fourth-order valence-electron chi connectivity index (χ4n) is 3.10. The first-order valence-corrected chi connectivity index (χ1v) is 9.06. The molecule has 1 saturated heterocycles. The molecule has 0 amide bonds. The lowest BCUT2D eigenvalue weighted by atomic mass is 9.92. The minimum Gasteiger partial charge on any atom is -0.303 e. The van der Waals surface area contributed by atoms with E-state index in [4.69, 9.17) is 0 Å². The van der Waals surface area contributed by atoms with E-state index in [0.29, 0.717) is 6.54 Å². The molecular weight excluding hydrogens is 288 g/mol. The molecule has 1 aliphatic heterocycles. The monoisotopic (exact) mass is 314 g/mol. The quantitative estimate of drug-likeness (QED) is 0.798. The number of aryl methyl sites for hydroxylation is 1. The number of rotatable bonds is 6. The molecule has 120 valence electrons. The van der Waals surface area contributed by atoms with Crippen molar-refractivity contribution < 1.29 is 8.42 Å². The summed E-state index contributed by atoms with van der Waals surface area (Å²) in [6.07, 6.45) is 5.01. The predicted molar refractivity (Wildman–Crippen MR) is 82.4 cm³/mol. The number of likely N-dealkylation sites (tertiary alicyclic amines) is 1. The maximum atomic E-state index is 12.0. The maximum absolute atomic E-state index is 12.0. The van der Waals surface area contributed by atoms with Crippen LogP contribution in [0.15, 0.2) is 17.3 Å². The maximum Gasteiger partial charge on any atom is 0.243 e. The van der Waals surface area contributed by atoms with Gasteiger partial charge in [-0.15, -0.1) is 0 Å². The molecule has 21 heavy (non-hydrogen) atoms. The topological polar surface area (TPSA) is 67.2 Å². The van der Waals surface area contributed by atoms with Crippen LogP contribution >= 0.6 is 0 Å². The zero-order chi connectivity index (χ0) is 15.5. The number of nitrogens with zero attached hydrogens (tertiary/aromatic N) is 3. The van der Waals surface area contributed by atoms with Crippen molar-refractivity contribution in [3.63, 3.8) is 0 Å². The Hall–Kier alpha value is -0.920. The predicted octanol–water partition coefficient (Wildman–Crippen LogP) is 1.07. The van der Waals surface area contributed by atoms with Crippen molar-refractivity contribution >= 4 is 10.0 Å². The normalized spacial score (nSPS) is 24.3. The molecule has 1 aliphatic rings. The van der Waals surface area contributed by atoms with Crippen LogP contribution in [-0.4, -0.2) is 49.3 Å². The summed E-state index contributed by atoms with van der Waals surface area (Å²) in [6, 6.07) is 0. The van der Waals surface area contributed by atoms with Gasteiger partial charge in [-0.2, -0.15) is 5.10 Å². The van der Waals surface area contributed by atoms with Crippen LogP contribution in [-0.2, 0) is 17.1 Å². The lowest BCUT2D eigenvalue weighted by Gasteiger charge is -2.34. The second kappa shape index (κ2) is 6.89. The van der Waals surface area contributed by atoms with Crippen LogP contribution < -0.4 is 4.72 Å². The Labute approximate surface area is 127 Å². The van der Waals surface area contributed by atoms with E-state index in [1.165, 1.54) is 23.5 Å². The highest BCUT2D eigenvalue weighted by atomic mass is 32.2. The summed E-state index contributed by atoms with van der Waals surface area (Å²) >= 11 is 0. The Morgan fingerprint density at radius 2 is 2.00 bits per heavy atom. The van der Waals surface area contributed by atoms with Crippen molar-refractivity contribution in [2.45, 2.75) is 31.6 Å². The van der Waals surface area contributed by atoms with Gasteiger partial charge in [-0.05, 0) is 31.2 Å². The molecule has 7 heteroatoms. The third kappa shape index (κ3) is 4.79. The van der Waals surface area contributed by atoms with Gasteiger partial charge < -0.3 is 4.90 Å².